The first kappa shape index (κ1) is 27.6. The van der Waals surface area contributed by atoms with Gasteiger partial charge in [-0.15, -0.1) is 0 Å². The summed E-state index contributed by atoms with van der Waals surface area (Å²) in [4.78, 5) is 35.3. The van der Waals surface area contributed by atoms with E-state index in [9.17, 15) is 0 Å². The Labute approximate surface area is 294 Å². The lowest BCUT2D eigenvalue weighted by Gasteiger charge is -2.13. The number of para-hydroxylation sites is 3. The summed E-state index contributed by atoms with van der Waals surface area (Å²) in [6.07, 6.45) is 5.38. The minimum Gasteiger partial charge on any atom is -0.252 e. The summed E-state index contributed by atoms with van der Waals surface area (Å²) in [6, 6.07) is 42.2. The van der Waals surface area contributed by atoms with Gasteiger partial charge in [0.25, 0.3) is 0 Å². The summed E-state index contributed by atoms with van der Waals surface area (Å²) >= 11 is 0. The molecule has 0 spiro atoms. The van der Waals surface area contributed by atoms with E-state index in [1.165, 1.54) is 0 Å². The summed E-state index contributed by atoms with van der Waals surface area (Å²) < 4.78 is 0. The van der Waals surface area contributed by atoms with Gasteiger partial charge in [0.1, 0.15) is 16.6 Å². The molecule has 0 aliphatic heterocycles. The Hall–Kier alpha value is -7.25. The molecule has 0 N–H and O–H groups in total. The first-order chi connectivity index (χ1) is 25.7. The molecule has 0 saturated carbocycles. The Balaban J connectivity index is 1.13. The number of nitrogens with zero attached hydrogens (tertiary/aromatic N) is 7. The lowest BCUT2D eigenvalue weighted by atomic mass is 9.96. The second-order valence-electron chi connectivity index (χ2n) is 13.4. The molecular formula is C45H23N7. The van der Waals surface area contributed by atoms with Crippen LogP contribution in [0.1, 0.15) is 0 Å². The van der Waals surface area contributed by atoms with Crippen LogP contribution in [-0.2, 0) is 0 Å². The molecule has 12 rings (SSSR count). The third-order valence-electron chi connectivity index (χ3n) is 10.4. The Bertz CT molecular complexity index is 3540. The molecule has 7 heteroatoms. The zero-order valence-electron chi connectivity index (χ0n) is 27.4. The van der Waals surface area contributed by atoms with Gasteiger partial charge in [0.05, 0.1) is 50.5 Å². The van der Waals surface area contributed by atoms with Gasteiger partial charge in [-0.3, -0.25) is 15.0 Å². The number of rotatable bonds is 1. The smallest absolute Gasteiger partial charge is 0.118 e. The van der Waals surface area contributed by atoms with Crippen molar-refractivity contribution in [2.75, 3.05) is 0 Å². The molecule has 0 amide bonds. The Morgan fingerprint density at radius 3 is 1.60 bits per heavy atom. The highest BCUT2D eigenvalue weighted by Crippen LogP contribution is 2.39. The Morgan fingerprint density at radius 1 is 0.308 bits per heavy atom. The van der Waals surface area contributed by atoms with E-state index in [2.05, 4.69) is 78.9 Å². The van der Waals surface area contributed by atoms with Gasteiger partial charge in [-0.05, 0) is 81.5 Å². The highest BCUT2D eigenvalue weighted by molar-refractivity contribution is 6.26. The van der Waals surface area contributed by atoms with Gasteiger partial charge < -0.3 is 0 Å². The Morgan fingerprint density at radius 2 is 0.808 bits per heavy atom. The van der Waals surface area contributed by atoms with Crippen molar-refractivity contribution in [3.05, 3.63) is 140 Å². The summed E-state index contributed by atoms with van der Waals surface area (Å²) in [6.45, 7) is 0. The highest BCUT2D eigenvalue weighted by atomic mass is 14.9. The molecule has 0 aliphatic rings. The molecule has 0 aliphatic carbocycles. The maximum absolute atomic E-state index is 5.31. The zero-order chi connectivity index (χ0) is 33.9. The van der Waals surface area contributed by atoms with Crippen LogP contribution in [0.25, 0.3) is 120 Å². The number of benzene rings is 8. The molecule has 52 heavy (non-hydrogen) atoms. The molecule has 0 bridgehead atoms. The summed E-state index contributed by atoms with van der Waals surface area (Å²) in [5.74, 6) is 0. The van der Waals surface area contributed by atoms with E-state index in [-0.39, 0.29) is 0 Å². The second kappa shape index (κ2) is 10.2. The van der Waals surface area contributed by atoms with Crippen LogP contribution in [0.2, 0.25) is 0 Å². The van der Waals surface area contributed by atoms with Crippen LogP contribution < -0.4 is 0 Å². The normalized spacial score (nSPS) is 12.2. The molecular weight excluding hydrogens is 639 g/mol. The quantitative estimate of drug-likeness (QED) is 0.128. The van der Waals surface area contributed by atoms with Crippen LogP contribution in [0.4, 0.5) is 0 Å². The molecule has 8 aromatic carbocycles. The van der Waals surface area contributed by atoms with E-state index in [0.717, 1.165) is 120 Å². The van der Waals surface area contributed by atoms with Crippen LogP contribution >= 0.6 is 0 Å². The first-order valence-corrected chi connectivity index (χ1v) is 17.2. The average Bonchev–Trinajstić information content (AvgIpc) is 3.21. The summed E-state index contributed by atoms with van der Waals surface area (Å²) in [5.41, 5.74) is 9.98. The minimum absolute atomic E-state index is 0.737. The van der Waals surface area contributed by atoms with Crippen LogP contribution in [0.15, 0.2) is 140 Å². The molecule has 7 nitrogen and oxygen atoms in total. The predicted molar refractivity (Wildman–Crippen MR) is 212 cm³/mol. The molecule has 4 aromatic heterocycles. The molecule has 0 radical (unpaired) electrons. The molecule has 12 aromatic rings. The van der Waals surface area contributed by atoms with Crippen LogP contribution in [0, 0.1) is 0 Å². The molecule has 0 fully saturated rings. The van der Waals surface area contributed by atoms with Crippen LogP contribution in [0.3, 0.4) is 0 Å². The number of hydrogen-bond donors (Lipinski definition) is 0. The summed E-state index contributed by atoms with van der Waals surface area (Å²) in [5, 5.41) is 10.8. The molecule has 0 unspecified atom stereocenters. The number of fused-ring (bicyclic) bond motifs is 16. The van der Waals surface area contributed by atoms with Gasteiger partial charge in [0, 0.05) is 44.9 Å². The van der Waals surface area contributed by atoms with Crippen molar-refractivity contribution in [1.82, 2.24) is 34.9 Å². The standard InChI is InChI=1S/C45H23N7/c1-2-8-25-19-34-33(18-24(25)7-1)40-44(45-42(34)50-36-11-5-6-12-37(36)51-45)52-38(23-48-40)28-14-13-26-20-31-30(22-29(26)17-28)32-21-27-9-3-4-10-35(27)49-41(32)43-39(31)46-15-16-47-43/h1-23H. The highest BCUT2D eigenvalue weighted by Gasteiger charge is 2.18. The van der Waals surface area contributed by atoms with Crippen molar-refractivity contribution in [3.63, 3.8) is 0 Å². The fourth-order valence-corrected chi connectivity index (χ4v) is 7.96. The van der Waals surface area contributed by atoms with Gasteiger partial charge in [0.15, 0.2) is 0 Å². The lowest BCUT2D eigenvalue weighted by molar-refractivity contribution is 1.30. The zero-order valence-corrected chi connectivity index (χ0v) is 27.4. The topological polar surface area (TPSA) is 90.2 Å². The van der Waals surface area contributed by atoms with Gasteiger partial charge in [-0.1, -0.05) is 66.7 Å². The average molecular weight is 662 g/mol. The number of pyridine rings is 1. The molecule has 4 heterocycles. The van der Waals surface area contributed by atoms with E-state index >= 15 is 0 Å². The summed E-state index contributed by atoms with van der Waals surface area (Å²) in [7, 11) is 0. The van der Waals surface area contributed by atoms with Crippen molar-refractivity contribution < 1.29 is 0 Å². The van der Waals surface area contributed by atoms with E-state index < -0.39 is 0 Å². The van der Waals surface area contributed by atoms with E-state index in [1.807, 2.05) is 48.7 Å². The first-order valence-electron chi connectivity index (χ1n) is 17.2. The minimum atomic E-state index is 0.737. The molecule has 238 valence electrons. The van der Waals surface area contributed by atoms with Gasteiger partial charge in [-0.2, -0.15) is 0 Å². The van der Waals surface area contributed by atoms with E-state index in [0.29, 0.717) is 0 Å². The fourth-order valence-electron chi connectivity index (χ4n) is 7.96. The van der Waals surface area contributed by atoms with E-state index in [4.69, 9.17) is 34.9 Å². The van der Waals surface area contributed by atoms with Gasteiger partial charge in [0.2, 0.25) is 0 Å². The fraction of sp³-hybridized carbons (Fsp3) is 0. The lowest BCUT2D eigenvalue weighted by Crippen LogP contribution is -1.96. The van der Waals surface area contributed by atoms with Crippen LogP contribution in [-0.4, -0.2) is 34.9 Å². The third kappa shape index (κ3) is 3.87. The SMILES string of the molecule is c1ccc2cc3c(cc2c1)c1ncc(-c2ccc4cc5c(cc4c2)c2cc4ccccc4nc2c2nccnc52)nc1c1nc2ccccc2nc31. The van der Waals surface area contributed by atoms with Crippen molar-refractivity contribution in [3.8, 4) is 11.3 Å². The molecule has 0 atom stereocenters. The molecule has 0 saturated heterocycles. The van der Waals surface area contributed by atoms with Crippen molar-refractivity contribution in [1.29, 1.82) is 0 Å². The van der Waals surface area contributed by atoms with Crippen LogP contribution in [0.5, 0.6) is 0 Å². The van der Waals surface area contributed by atoms with Crippen molar-refractivity contribution in [2.45, 2.75) is 0 Å². The van der Waals surface area contributed by atoms with E-state index in [1.54, 1.807) is 12.4 Å². The van der Waals surface area contributed by atoms with Gasteiger partial charge >= 0.3 is 0 Å². The second-order valence-corrected chi connectivity index (χ2v) is 13.4. The number of aromatic nitrogens is 7. The number of hydrogen-bond acceptors (Lipinski definition) is 7. The largest absolute Gasteiger partial charge is 0.252 e. The van der Waals surface area contributed by atoms with Gasteiger partial charge in [-0.25, -0.2) is 19.9 Å². The van der Waals surface area contributed by atoms with Crippen molar-refractivity contribution in [2.24, 2.45) is 0 Å². The maximum Gasteiger partial charge on any atom is 0.118 e. The predicted octanol–water partition coefficient (Wildman–Crippen LogP) is 10.7. The maximum atomic E-state index is 5.31. The van der Waals surface area contributed by atoms with Crippen molar-refractivity contribution >= 4 is 109 Å². The monoisotopic (exact) mass is 661 g/mol. The third-order valence-corrected chi connectivity index (χ3v) is 10.4. The Kier molecular flexibility index (Phi) is 5.38.